The summed E-state index contributed by atoms with van der Waals surface area (Å²) in [6.45, 7) is 10.3. The van der Waals surface area contributed by atoms with Crippen LogP contribution in [-0.2, 0) is 6.42 Å². The molecule has 0 aromatic heterocycles. The molecule has 3 nitrogen and oxygen atoms in total. The van der Waals surface area contributed by atoms with Gasteiger partial charge >= 0.3 is 0 Å². The van der Waals surface area contributed by atoms with Gasteiger partial charge in [-0.25, -0.2) is 0 Å². The number of rotatable bonds is 5. The molecule has 1 aromatic carbocycles. The van der Waals surface area contributed by atoms with Crippen molar-refractivity contribution in [2.75, 3.05) is 39.8 Å². The van der Waals surface area contributed by atoms with Crippen LogP contribution in [0.1, 0.15) is 23.1 Å². The minimum absolute atomic E-state index is 0.973. The highest BCUT2D eigenvalue weighted by Gasteiger charge is 2.10. The van der Waals surface area contributed by atoms with E-state index in [1.807, 2.05) is 0 Å². The van der Waals surface area contributed by atoms with E-state index in [1.165, 1.54) is 49.2 Å². The summed E-state index contributed by atoms with van der Waals surface area (Å²) < 4.78 is 5.32. The number of ether oxygens (including phenoxy) is 1. The zero-order chi connectivity index (χ0) is 13.7. The van der Waals surface area contributed by atoms with E-state index in [4.69, 9.17) is 4.74 Å². The molecule has 1 saturated heterocycles. The molecule has 1 aliphatic heterocycles. The first kappa shape index (κ1) is 14.4. The van der Waals surface area contributed by atoms with Crippen molar-refractivity contribution < 1.29 is 4.74 Å². The highest BCUT2D eigenvalue weighted by Crippen LogP contribution is 2.22. The maximum Gasteiger partial charge on any atom is 0.119 e. The standard InChI is InChI=1S/C16H26N2O/c1-13-11-15(19-3)12-14(2)16(13)5-4-8-18-9-6-17-7-10-18/h11-12,17H,4-10H2,1-3H3. The van der Waals surface area contributed by atoms with Gasteiger partial charge in [0.15, 0.2) is 0 Å². The van der Waals surface area contributed by atoms with Gasteiger partial charge < -0.3 is 15.0 Å². The average molecular weight is 262 g/mol. The Hall–Kier alpha value is -1.06. The van der Waals surface area contributed by atoms with E-state index >= 15 is 0 Å². The van der Waals surface area contributed by atoms with Crippen molar-refractivity contribution in [2.24, 2.45) is 0 Å². The van der Waals surface area contributed by atoms with Gasteiger partial charge in [0.25, 0.3) is 0 Å². The first-order valence-electron chi connectivity index (χ1n) is 7.28. The summed E-state index contributed by atoms with van der Waals surface area (Å²) in [7, 11) is 1.73. The van der Waals surface area contributed by atoms with E-state index in [0.717, 1.165) is 18.8 Å². The molecule has 2 rings (SSSR count). The van der Waals surface area contributed by atoms with Gasteiger partial charge in [-0.15, -0.1) is 0 Å². The largest absolute Gasteiger partial charge is 0.497 e. The SMILES string of the molecule is COc1cc(C)c(CCCN2CCNCC2)c(C)c1. The Labute approximate surface area is 116 Å². The topological polar surface area (TPSA) is 24.5 Å². The van der Waals surface area contributed by atoms with Crippen molar-refractivity contribution in [2.45, 2.75) is 26.7 Å². The van der Waals surface area contributed by atoms with Crippen LogP contribution >= 0.6 is 0 Å². The summed E-state index contributed by atoms with van der Waals surface area (Å²) in [6.07, 6.45) is 2.42. The number of benzene rings is 1. The number of hydrogen-bond acceptors (Lipinski definition) is 3. The Balaban J connectivity index is 1.88. The van der Waals surface area contributed by atoms with Gasteiger partial charge in [0.05, 0.1) is 7.11 Å². The van der Waals surface area contributed by atoms with Crippen LogP contribution < -0.4 is 10.1 Å². The highest BCUT2D eigenvalue weighted by molar-refractivity contribution is 5.41. The predicted octanol–water partition coefficient (Wildman–Crippen LogP) is 2.15. The molecule has 0 radical (unpaired) electrons. The van der Waals surface area contributed by atoms with Gasteiger partial charge in [0.1, 0.15) is 5.75 Å². The molecule has 0 spiro atoms. The third-order valence-electron chi connectivity index (χ3n) is 4.02. The quantitative estimate of drug-likeness (QED) is 0.880. The molecule has 0 bridgehead atoms. The molecule has 1 heterocycles. The maximum absolute atomic E-state index is 5.32. The summed E-state index contributed by atoms with van der Waals surface area (Å²) in [5, 5.41) is 3.40. The fourth-order valence-electron chi connectivity index (χ4n) is 2.88. The third-order valence-corrected chi connectivity index (χ3v) is 4.02. The molecule has 106 valence electrons. The lowest BCUT2D eigenvalue weighted by Gasteiger charge is -2.27. The van der Waals surface area contributed by atoms with E-state index in [9.17, 15) is 0 Å². The summed E-state index contributed by atoms with van der Waals surface area (Å²) >= 11 is 0. The van der Waals surface area contributed by atoms with E-state index in [2.05, 4.69) is 36.2 Å². The summed E-state index contributed by atoms with van der Waals surface area (Å²) in [6, 6.07) is 4.29. The van der Waals surface area contributed by atoms with Gasteiger partial charge in [-0.05, 0) is 62.1 Å². The van der Waals surface area contributed by atoms with Crippen LogP contribution in [0.2, 0.25) is 0 Å². The second-order valence-corrected chi connectivity index (χ2v) is 5.43. The minimum atomic E-state index is 0.973. The monoisotopic (exact) mass is 262 g/mol. The number of methoxy groups -OCH3 is 1. The smallest absolute Gasteiger partial charge is 0.119 e. The predicted molar refractivity (Wildman–Crippen MR) is 80.1 cm³/mol. The lowest BCUT2D eigenvalue weighted by molar-refractivity contribution is 0.238. The number of nitrogens with one attached hydrogen (secondary N) is 1. The summed E-state index contributed by atoms with van der Waals surface area (Å²) in [5.74, 6) is 0.973. The normalized spacial score (nSPS) is 16.6. The second-order valence-electron chi connectivity index (χ2n) is 5.43. The number of hydrogen-bond donors (Lipinski definition) is 1. The summed E-state index contributed by atoms with van der Waals surface area (Å²) in [5.41, 5.74) is 4.21. The summed E-state index contributed by atoms with van der Waals surface area (Å²) in [4.78, 5) is 2.56. The Morgan fingerprint density at radius 1 is 1.16 bits per heavy atom. The zero-order valence-corrected chi connectivity index (χ0v) is 12.5. The molecule has 19 heavy (non-hydrogen) atoms. The van der Waals surface area contributed by atoms with Crippen molar-refractivity contribution >= 4 is 0 Å². The molecule has 0 aliphatic carbocycles. The highest BCUT2D eigenvalue weighted by atomic mass is 16.5. The first-order chi connectivity index (χ1) is 9.20. The molecular weight excluding hydrogens is 236 g/mol. The second kappa shape index (κ2) is 6.92. The molecule has 0 amide bonds. The van der Waals surface area contributed by atoms with Gasteiger partial charge in [-0.3, -0.25) is 0 Å². The molecule has 1 fully saturated rings. The molecule has 0 atom stereocenters. The van der Waals surface area contributed by atoms with Crippen molar-refractivity contribution in [1.82, 2.24) is 10.2 Å². The number of piperazine rings is 1. The molecule has 0 saturated carbocycles. The lowest BCUT2D eigenvalue weighted by Crippen LogP contribution is -2.43. The van der Waals surface area contributed by atoms with Crippen LogP contribution in [0.4, 0.5) is 0 Å². The first-order valence-corrected chi connectivity index (χ1v) is 7.28. The Kier molecular flexibility index (Phi) is 5.23. The van der Waals surface area contributed by atoms with Crippen molar-refractivity contribution in [3.63, 3.8) is 0 Å². The van der Waals surface area contributed by atoms with E-state index in [-0.39, 0.29) is 0 Å². The van der Waals surface area contributed by atoms with Crippen LogP contribution in [0.5, 0.6) is 5.75 Å². The zero-order valence-electron chi connectivity index (χ0n) is 12.5. The van der Waals surface area contributed by atoms with Gasteiger partial charge in [0, 0.05) is 26.2 Å². The molecule has 1 aliphatic rings. The Morgan fingerprint density at radius 3 is 2.37 bits per heavy atom. The van der Waals surface area contributed by atoms with Gasteiger partial charge in [-0.1, -0.05) is 0 Å². The fourth-order valence-corrected chi connectivity index (χ4v) is 2.88. The molecular formula is C16H26N2O. The minimum Gasteiger partial charge on any atom is -0.497 e. The van der Waals surface area contributed by atoms with Crippen LogP contribution in [0.15, 0.2) is 12.1 Å². The maximum atomic E-state index is 5.32. The Bertz CT molecular complexity index is 388. The molecule has 3 heteroatoms. The van der Waals surface area contributed by atoms with Gasteiger partial charge in [-0.2, -0.15) is 0 Å². The van der Waals surface area contributed by atoms with Gasteiger partial charge in [0.2, 0.25) is 0 Å². The van der Waals surface area contributed by atoms with Crippen molar-refractivity contribution in [3.8, 4) is 5.75 Å². The van der Waals surface area contributed by atoms with E-state index in [0.29, 0.717) is 0 Å². The third kappa shape index (κ3) is 3.95. The van der Waals surface area contributed by atoms with Crippen molar-refractivity contribution in [3.05, 3.63) is 28.8 Å². The number of aryl methyl sites for hydroxylation is 2. The van der Waals surface area contributed by atoms with Crippen LogP contribution in [0.3, 0.4) is 0 Å². The van der Waals surface area contributed by atoms with E-state index < -0.39 is 0 Å². The van der Waals surface area contributed by atoms with Crippen LogP contribution in [0, 0.1) is 13.8 Å². The number of nitrogens with zero attached hydrogens (tertiary/aromatic N) is 1. The van der Waals surface area contributed by atoms with Crippen LogP contribution in [0.25, 0.3) is 0 Å². The van der Waals surface area contributed by atoms with Crippen molar-refractivity contribution in [1.29, 1.82) is 0 Å². The van der Waals surface area contributed by atoms with Crippen LogP contribution in [-0.4, -0.2) is 44.7 Å². The fraction of sp³-hybridized carbons (Fsp3) is 0.625. The molecule has 1 aromatic rings. The lowest BCUT2D eigenvalue weighted by atomic mass is 9.98. The Morgan fingerprint density at radius 2 is 1.79 bits per heavy atom. The van der Waals surface area contributed by atoms with E-state index in [1.54, 1.807) is 7.11 Å². The average Bonchev–Trinajstić information content (AvgIpc) is 2.42. The molecule has 1 N–H and O–H groups in total. The molecule has 0 unspecified atom stereocenters.